The molecule has 1 aliphatic heterocycles. The number of nitrogens with zero attached hydrogens (tertiary/aromatic N) is 12. The van der Waals surface area contributed by atoms with E-state index in [4.69, 9.17) is 37.8 Å². The molecule has 108 heavy (non-hydrogen) atoms. The summed E-state index contributed by atoms with van der Waals surface area (Å²) in [5, 5.41) is 20.4. The normalized spacial score (nSPS) is 13.6. The Morgan fingerprint density at radius 3 is 1.34 bits per heavy atom. The minimum Gasteiger partial charge on any atom is -0.494 e. The third-order valence-corrected chi connectivity index (χ3v) is 19.2. The van der Waals surface area contributed by atoms with Gasteiger partial charge in [-0.2, -0.15) is 24.1 Å². The number of aromatic nitrogens is 11. The van der Waals surface area contributed by atoms with Gasteiger partial charge in [0.15, 0.2) is 80.0 Å². The van der Waals surface area contributed by atoms with E-state index in [0.717, 1.165) is 31.9 Å². The zero-order chi connectivity index (χ0) is 77.4. The van der Waals surface area contributed by atoms with E-state index < -0.39 is 79.6 Å². The van der Waals surface area contributed by atoms with Gasteiger partial charge in [0, 0.05) is 141 Å². The second kappa shape index (κ2) is 30.2. The molecule has 2 aliphatic carbocycles. The average Bonchev–Trinajstić information content (AvgIpc) is 1.56. The van der Waals surface area contributed by atoms with Gasteiger partial charge in [0.25, 0.3) is 0 Å². The molecule has 0 atom stereocenters. The van der Waals surface area contributed by atoms with E-state index in [1.54, 1.807) is 61.4 Å². The van der Waals surface area contributed by atoms with Crippen molar-refractivity contribution in [1.29, 1.82) is 0 Å². The quantitative estimate of drug-likeness (QED) is 0.0374. The van der Waals surface area contributed by atoms with Crippen LogP contribution in [0.5, 0.6) is 34.5 Å². The summed E-state index contributed by atoms with van der Waals surface area (Å²) in [7, 11) is 12.6. The fraction of sp³-hybridized carbons (Fsp3) is 0.270. The van der Waals surface area contributed by atoms with Crippen molar-refractivity contribution < 1.29 is 82.3 Å². The second-order valence-corrected chi connectivity index (χ2v) is 26.1. The summed E-state index contributed by atoms with van der Waals surface area (Å²) in [5.41, 5.74) is 4.68. The lowest BCUT2D eigenvalue weighted by molar-refractivity contribution is -0.112. The maximum Gasteiger partial charge on any atom is 0.330 e. The maximum absolute atomic E-state index is 15.4. The molecule has 34 heteroatoms. The van der Waals surface area contributed by atoms with Crippen LogP contribution >= 0.6 is 11.3 Å². The number of benzene rings is 3. The molecule has 0 radical (unpaired) electrons. The Hall–Kier alpha value is -12.4. The second-order valence-electron chi connectivity index (χ2n) is 25.1. The highest BCUT2D eigenvalue weighted by molar-refractivity contribution is 7.18. The molecular formula is C74H67F8N15O10S. The Morgan fingerprint density at radius 1 is 0.537 bits per heavy atom. The first kappa shape index (κ1) is 75.3. The number of hydrogen-bond donors (Lipinski definition) is 3. The summed E-state index contributed by atoms with van der Waals surface area (Å²) >= 11 is 0.551. The number of carbonyl (C=O) groups excluding carboxylic acids is 3. The molecular weight excluding hydrogens is 1440 g/mol. The van der Waals surface area contributed by atoms with Gasteiger partial charge in [-0.1, -0.05) is 19.7 Å². The number of nitrogens with one attached hydrogen (secondary N) is 3. The average molecular weight is 1510 g/mol. The first-order valence-electron chi connectivity index (χ1n) is 32.8. The molecule has 3 N–H and O–H groups in total. The summed E-state index contributed by atoms with van der Waals surface area (Å²) < 4.78 is 162. The zero-order valence-electron chi connectivity index (χ0n) is 59.3. The Bertz CT molecular complexity index is 5170. The molecule has 2 fully saturated rings. The number of halogens is 8. The molecule has 11 aromatic rings. The number of carbonyl (C=O) groups is 3. The molecule has 3 aromatic carbocycles. The Balaban J connectivity index is 0.000000151. The van der Waals surface area contributed by atoms with Crippen LogP contribution in [0.1, 0.15) is 93.0 Å². The number of alkyl halides is 2. The fourth-order valence-electron chi connectivity index (χ4n) is 12.5. The standard InChI is InChI=1S/C26H25F2N5O3.C25H23F2N5O4.C23H19F4N5O3S/c1-5-22(34)31-18-13-33(2)32-17(18)10-15-9-16-14(12-29-15)8-21(30-16)26(6-7-26)23-24(27)19(35-3)11-20(36-4)25(23)28;1-5-20(33)29-16-12-32(2)31-14(16)8-13-9-15-19(11-28-13)36-24(30-15)25(6-7-25)21-22(26)17(34-3)10-18(35-4)23(21)27;1-5-18(33)29-14-10-32(2)31-12(14)6-11-7-13-17(9-28-11)36-22(30-13)23(26,27)19-20(24)15(34-3)8-16(35-4)21(19)25/h5,9,11-13H,1,6-8,10H2,2-4H3,(H,31,34);5,9-12H,1,6-8H2,2-4H3,(H,29,33);5,7-10H,1,6H2,2-4H3,(H,29,33). The third kappa shape index (κ3) is 14.6. The van der Waals surface area contributed by atoms with Crippen molar-refractivity contribution in [1.82, 2.24) is 54.3 Å². The molecule has 2 saturated carbocycles. The fourth-order valence-corrected chi connectivity index (χ4v) is 13.4. The van der Waals surface area contributed by atoms with Crippen LogP contribution in [0.3, 0.4) is 0 Å². The van der Waals surface area contributed by atoms with Gasteiger partial charge in [0.05, 0.1) is 104 Å². The maximum atomic E-state index is 15.4. The van der Waals surface area contributed by atoms with Crippen molar-refractivity contribution in [3.63, 3.8) is 0 Å². The number of methoxy groups -OCH3 is 6. The Morgan fingerprint density at radius 2 is 0.926 bits per heavy atom. The summed E-state index contributed by atoms with van der Waals surface area (Å²) in [6.45, 7) is 10.3. The molecule has 3 amide bonds. The summed E-state index contributed by atoms with van der Waals surface area (Å²) in [5.74, 6) is -12.8. The van der Waals surface area contributed by atoms with Crippen molar-refractivity contribution in [2.75, 3.05) is 58.6 Å². The highest BCUT2D eigenvalue weighted by Crippen LogP contribution is 2.58. The van der Waals surface area contributed by atoms with E-state index in [1.165, 1.54) is 75.9 Å². The molecule has 0 bridgehead atoms. The summed E-state index contributed by atoms with van der Waals surface area (Å²) in [4.78, 5) is 61.8. The number of aliphatic imine (C=N–C) groups is 1. The van der Waals surface area contributed by atoms with E-state index in [9.17, 15) is 23.2 Å². The van der Waals surface area contributed by atoms with Gasteiger partial charge < -0.3 is 48.8 Å². The Labute approximate surface area is 614 Å². The number of oxazole rings is 1. The summed E-state index contributed by atoms with van der Waals surface area (Å²) in [6, 6.07) is 8.29. The van der Waals surface area contributed by atoms with Gasteiger partial charge >= 0.3 is 5.92 Å². The smallest absolute Gasteiger partial charge is 0.330 e. The lowest BCUT2D eigenvalue weighted by Crippen LogP contribution is -2.24. The Kier molecular flexibility index (Phi) is 21.1. The van der Waals surface area contributed by atoms with Gasteiger partial charge in [-0.25, -0.2) is 36.3 Å². The van der Waals surface area contributed by atoms with Crippen LogP contribution in [-0.2, 0) is 78.0 Å². The van der Waals surface area contributed by atoms with Crippen LogP contribution in [0.25, 0.3) is 21.3 Å². The van der Waals surface area contributed by atoms with Gasteiger partial charge in [0.1, 0.15) is 11.1 Å². The molecule has 0 unspecified atom stereocenters. The largest absolute Gasteiger partial charge is 0.494 e. The number of fused-ring (bicyclic) bond motifs is 3. The number of hydrogen-bond acceptors (Lipinski definition) is 20. The highest BCUT2D eigenvalue weighted by Gasteiger charge is 2.56. The molecule has 9 heterocycles. The van der Waals surface area contributed by atoms with Crippen molar-refractivity contribution in [2.24, 2.45) is 26.1 Å². The monoisotopic (exact) mass is 1510 g/mol. The van der Waals surface area contributed by atoms with Crippen molar-refractivity contribution in [3.8, 4) is 34.5 Å². The van der Waals surface area contributed by atoms with Crippen LogP contribution < -0.4 is 44.4 Å². The number of pyridine rings is 3. The molecule has 560 valence electrons. The van der Waals surface area contributed by atoms with Gasteiger partial charge in [-0.15, -0.1) is 11.3 Å². The minimum atomic E-state index is -4.14. The lowest BCUT2D eigenvalue weighted by Gasteiger charge is -2.20. The third-order valence-electron chi connectivity index (χ3n) is 18.1. The van der Waals surface area contributed by atoms with Gasteiger partial charge in [-0.05, 0) is 62.1 Å². The number of anilines is 3. The number of aryl methyl sites for hydroxylation is 3. The number of rotatable bonds is 24. The SMILES string of the molecule is C=CC(=O)Nc1cn(C)nc1Cc1cc2c(cn1)CC(C1(c3c(F)c(OC)cc(OC)c3F)CC1)=N2.C=CC(=O)Nc1cn(C)nc1Cc1cc2nc(C(F)(F)c3c(F)c(OC)cc(OC)c3F)sc2cn1.C=CC(=O)Nc1cn(C)nc1Cc1cc2nc(C3(c4c(F)c(OC)cc(OC)c4F)CC3)oc2cn1. The van der Waals surface area contributed by atoms with E-state index in [1.807, 2.05) is 6.07 Å². The van der Waals surface area contributed by atoms with Crippen LogP contribution in [0, 0.1) is 34.9 Å². The zero-order valence-corrected chi connectivity index (χ0v) is 60.1. The van der Waals surface area contributed by atoms with Crippen molar-refractivity contribution in [2.45, 2.75) is 68.1 Å². The van der Waals surface area contributed by atoms with Crippen molar-refractivity contribution >= 4 is 78.8 Å². The topological polar surface area (TPSA) is 286 Å². The molecule has 8 aromatic heterocycles. The van der Waals surface area contributed by atoms with Crippen LogP contribution in [0.15, 0.2) is 121 Å². The minimum absolute atomic E-state index is 0.0606. The first-order chi connectivity index (χ1) is 51.7. The first-order valence-corrected chi connectivity index (χ1v) is 33.6. The van der Waals surface area contributed by atoms with Gasteiger partial charge in [0.2, 0.25) is 23.6 Å². The summed E-state index contributed by atoms with van der Waals surface area (Å²) in [6.07, 6.45) is 16.4. The number of ether oxygens (including phenoxy) is 6. The predicted molar refractivity (Wildman–Crippen MR) is 381 cm³/mol. The number of thiazole rings is 1. The highest BCUT2D eigenvalue weighted by atomic mass is 32.1. The van der Waals surface area contributed by atoms with Gasteiger partial charge in [-0.3, -0.25) is 48.4 Å². The molecule has 14 rings (SSSR count). The van der Waals surface area contributed by atoms with E-state index in [-0.39, 0.29) is 68.5 Å². The predicted octanol–water partition coefficient (Wildman–Crippen LogP) is 12.8. The van der Waals surface area contributed by atoms with Crippen LogP contribution in [0.2, 0.25) is 0 Å². The molecule has 0 saturated heterocycles. The van der Waals surface area contributed by atoms with Crippen LogP contribution in [-0.4, -0.2) is 120 Å². The number of amides is 3. The molecule has 25 nitrogen and oxygen atoms in total. The van der Waals surface area contributed by atoms with Crippen molar-refractivity contribution in [3.05, 3.63) is 214 Å². The van der Waals surface area contributed by atoms with E-state index in [0.29, 0.717) is 130 Å². The van der Waals surface area contributed by atoms with E-state index in [2.05, 4.69) is 75.9 Å². The molecule has 3 aliphatic rings. The van der Waals surface area contributed by atoms with Crippen LogP contribution in [0.4, 0.5) is 57.9 Å². The molecule has 0 spiro atoms. The van der Waals surface area contributed by atoms with E-state index >= 15 is 26.3 Å². The lowest BCUT2D eigenvalue weighted by atomic mass is 9.87.